The smallest absolute Gasteiger partial charge is 0.232 e. The molecule has 0 bridgehead atoms. The molecule has 0 fully saturated rings. The van der Waals surface area contributed by atoms with Crippen molar-refractivity contribution in [3.8, 4) is 17.2 Å². The fourth-order valence-corrected chi connectivity index (χ4v) is 3.90. The number of hydrogen-bond acceptors (Lipinski definition) is 6. The molecule has 0 aliphatic rings. The predicted molar refractivity (Wildman–Crippen MR) is 117 cm³/mol. The number of rotatable bonds is 11. The van der Waals surface area contributed by atoms with Gasteiger partial charge in [0.05, 0.1) is 32.8 Å². The predicted octanol–water partition coefficient (Wildman–Crippen LogP) is 3.29. The van der Waals surface area contributed by atoms with Gasteiger partial charge in [-0.15, -0.1) is 0 Å². The van der Waals surface area contributed by atoms with Gasteiger partial charge in [0, 0.05) is 24.7 Å². The Hall–Kier alpha value is -2.94. The summed E-state index contributed by atoms with van der Waals surface area (Å²) in [4.78, 5) is 12.3. The third-order valence-corrected chi connectivity index (χ3v) is 5.45. The lowest BCUT2D eigenvalue weighted by Crippen LogP contribution is -2.31. The Bertz CT molecular complexity index is 962. The third-order valence-electron chi connectivity index (χ3n) is 4.27. The molecule has 30 heavy (non-hydrogen) atoms. The molecule has 2 aromatic rings. The van der Waals surface area contributed by atoms with Crippen molar-refractivity contribution in [2.24, 2.45) is 0 Å². The molecule has 0 unspecified atom stereocenters. The molecule has 8 nitrogen and oxygen atoms in total. The van der Waals surface area contributed by atoms with Crippen LogP contribution in [0, 0.1) is 0 Å². The van der Waals surface area contributed by atoms with Gasteiger partial charge in [-0.3, -0.25) is 9.10 Å². The molecule has 0 aliphatic carbocycles. The van der Waals surface area contributed by atoms with Crippen molar-refractivity contribution in [2.75, 3.05) is 43.2 Å². The summed E-state index contributed by atoms with van der Waals surface area (Å²) in [5.41, 5.74) is 1.03. The molecule has 0 saturated carbocycles. The van der Waals surface area contributed by atoms with Gasteiger partial charge in [0.2, 0.25) is 15.9 Å². The van der Waals surface area contributed by atoms with Crippen LogP contribution in [0.15, 0.2) is 42.5 Å². The fourth-order valence-electron chi connectivity index (χ4n) is 2.93. The van der Waals surface area contributed by atoms with E-state index in [4.69, 9.17) is 14.2 Å². The van der Waals surface area contributed by atoms with Gasteiger partial charge in [0.25, 0.3) is 0 Å². The van der Waals surface area contributed by atoms with Crippen LogP contribution in [-0.4, -0.2) is 48.0 Å². The standard InChI is InChI=1S/C21H28N2O6S/c1-5-29-18-10-7-6-9-17(18)23(30(4,25)26)14-8-11-21(24)22-16-12-13-19(27-2)20(15-16)28-3/h6-7,9-10,12-13,15H,5,8,11,14H2,1-4H3,(H,22,24). The first-order chi connectivity index (χ1) is 14.3. The van der Waals surface area contributed by atoms with E-state index in [0.717, 1.165) is 6.26 Å². The van der Waals surface area contributed by atoms with E-state index in [1.807, 2.05) is 6.92 Å². The van der Waals surface area contributed by atoms with E-state index in [2.05, 4.69) is 5.32 Å². The Morgan fingerprint density at radius 3 is 2.37 bits per heavy atom. The number of para-hydroxylation sites is 2. The Morgan fingerprint density at radius 1 is 1.03 bits per heavy atom. The van der Waals surface area contributed by atoms with E-state index in [1.54, 1.807) is 42.5 Å². The van der Waals surface area contributed by atoms with Crippen molar-refractivity contribution < 1.29 is 27.4 Å². The van der Waals surface area contributed by atoms with Crippen molar-refractivity contribution in [3.63, 3.8) is 0 Å². The number of hydrogen-bond donors (Lipinski definition) is 1. The highest BCUT2D eigenvalue weighted by Crippen LogP contribution is 2.31. The Balaban J connectivity index is 2.03. The highest BCUT2D eigenvalue weighted by atomic mass is 32.2. The van der Waals surface area contributed by atoms with Crippen LogP contribution in [0.1, 0.15) is 19.8 Å². The molecule has 0 spiro atoms. The summed E-state index contributed by atoms with van der Waals surface area (Å²) in [5, 5.41) is 2.78. The van der Waals surface area contributed by atoms with Crippen molar-refractivity contribution in [3.05, 3.63) is 42.5 Å². The normalized spacial score (nSPS) is 10.9. The highest BCUT2D eigenvalue weighted by Gasteiger charge is 2.21. The Labute approximate surface area is 177 Å². The topological polar surface area (TPSA) is 94.2 Å². The lowest BCUT2D eigenvalue weighted by molar-refractivity contribution is -0.116. The minimum atomic E-state index is -3.54. The molecule has 2 rings (SSSR count). The zero-order chi connectivity index (χ0) is 22.1. The summed E-state index contributed by atoms with van der Waals surface area (Å²) < 4.78 is 41.9. The largest absolute Gasteiger partial charge is 0.493 e. The van der Waals surface area contributed by atoms with Crippen molar-refractivity contribution in [1.29, 1.82) is 0 Å². The van der Waals surface area contributed by atoms with Crippen LogP contribution in [0.2, 0.25) is 0 Å². The zero-order valence-corrected chi connectivity index (χ0v) is 18.5. The van der Waals surface area contributed by atoms with Gasteiger partial charge in [-0.25, -0.2) is 8.42 Å². The number of nitrogens with one attached hydrogen (secondary N) is 1. The van der Waals surface area contributed by atoms with Crippen LogP contribution in [0.5, 0.6) is 17.2 Å². The number of carbonyl (C=O) groups is 1. The zero-order valence-electron chi connectivity index (χ0n) is 17.7. The summed E-state index contributed by atoms with van der Waals surface area (Å²) >= 11 is 0. The average Bonchev–Trinajstić information content (AvgIpc) is 2.71. The maximum absolute atomic E-state index is 12.3. The first-order valence-corrected chi connectivity index (χ1v) is 11.4. The number of sulfonamides is 1. The molecular weight excluding hydrogens is 408 g/mol. The number of amides is 1. The molecular formula is C21H28N2O6S. The van der Waals surface area contributed by atoms with Crippen LogP contribution in [0.4, 0.5) is 11.4 Å². The van der Waals surface area contributed by atoms with Gasteiger partial charge in [-0.2, -0.15) is 0 Å². The second-order valence-corrected chi connectivity index (χ2v) is 8.36. The van der Waals surface area contributed by atoms with E-state index in [1.165, 1.54) is 18.5 Å². The number of nitrogens with zero attached hydrogens (tertiary/aromatic N) is 1. The quantitative estimate of drug-likeness (QED) is 0.581. The monoisotopic (exact) mass is 436 g/mol. The summed E-state index contributed by atoms with van der Waals surface area (Å²) in [6.07, 6.45) is 1.63. The molecule has 1 amide bonds. The van der Waals surface area contributed by atoms with Crippen LogP contribution < -0.4 is 23.8 Å². The number of carbonyl (C=O) groups excluding carboxylic acids is 1. The van der Waals surface area contributed by atoms with Crippen molar-refractivity contribution >= 4 is 27.3 Å². The minimum absolute atomic E-state index is 0.150. The maximum Gasteiger partial charge on any atom is 0.232 e. The van der Waals surface area contributed by atoms with Gasteiger partial charge in [-0.05, 0) is 37.6 Å². The van der Waals surface area contributed by atoms with Crippen LogP contribution in [0.3, 0.4) is 0 Å². The molecule has 9 heteroatoms. The van der Waals surface area contributed by atoms with Gasteiger partial charge >= 0.3 is 0 Å². The second-order valence-electron chi connectivity index (χ2n) is 6.46. The summed E-state index contributed by atoms with van der Waals surface area (Å²) in [7, 11) is -0.489. The summed E-state index contributed by atoms with van der Waals surface area (Å²) in [5.74, 6) is 1.33. The number of ether oxygens (including phenoxy) is 3. The van der Waals surface area contributed by atoms with Crippen LogP contribution >= 0.6 is 0 Å². The van der Waals surface area contributed by atoms with Crippen LogP contribution in [-0.2, 0) is 14.8 Å². The van der Waals surface area contributed by atoms with E-state index in [0.29, 0.717) is 41.7 Å². The van der Waals surface area contributed by atoms with E-state index < -0.39 is 10.0 Å². The van der Waals surface area contributed by atoms with Gasteiger partial charge in [0.15, 0.2) is 11.5 Å². The van der Waals surface area contributed by atoms with E-state index in [9.17, 15) is 13.2 Å². The number of benzene rings is 2. The highest BCUT2D eigenvalue weighted by molar-refractivity contribution is 7.92. The summed E-state index contributed by atoms with van der Waals surface area (Å²) in [6.45, 7) is 2.41. The maximum atomic E-state index is 12.3. The van der Waals surface area contributed by atoms with E-state index in [-0.39, 0.29) is 18.9 Å². The summed E-state index contributed by atoms with van der Waals surface area (Å²) in [6, 6.07) is 12.0. The number of anilines is 2. The molecule has 0 aromatic heterocycles. The molecule has 0 atom stereocenters. The molecule has 0 heterocycles. The minimum Gasteiger partial charge on any atom is -0.493 e. The van der Waals surface area contributed by atoms with E-state index >= 15 is 0 Å². The number of methoxy groups -OCH3 is 2. The molecule has 0 aliphatic heterocycles. The molecule has 0 radical (unpaired) electrons. The molecule has 164 valence electrons. The SMILES string of the molecule is CCOc1ccccc1N(CCCC(=O)Nc1ccc(OC)c(OC)c1)S(C)(=O)=O. The van der Waals surface area contributed by atoms with Gasteiger partial charge in [-0.1, -0.05) is 12.1 Å². The lowest BCUT2D eigenvalue weighted by Gasteiger charge is -2.24. The average molecular weight is 437 g/mol. The van der Waals surface area contributed by atoms with Gasteiger partial charge in [0.1, 0.15) is 5.75 Å². The Kier molecular flexibility index (Phi) is 8.35. The van der Waals surface area contributed by atoms with Crippen molar-refractivity contribution in [2.45, 2.75) is 19.8 Å². The lowest BCUT2D eigenvalue weighted by atomic mass is 10.2. The van der Waals surface area contributed by atoms with Gasteiger partial charge < -0.3 is 19.5 Å². The van der Waals surface area contributed by atoms with Crippen molar-refractivity contribution in [1.82, 2.24) is 0 Å². The molecule has 2 aromatic carbocycles. The Morgan fingerprint density at radius 2 is 1.73 bits per heavy atom. The third kappa shape index (κ3) is 6.28. The first kappa shape index (κ1) is 23.3. The molecule has 1 N–H and O–H groups in total. The first-order valence-electron chi connectivity index (χ1n) is 9.51. The second kappa shape index (κ2) is 10.7. The fraction of sp³-hybridized carbons (Fsp3) is 0.381. The molecule has 0 saturated heterocycles. The van der Waals surface area contributed by atoms with Crippen LogP contribution in [0.25, 0.3) is 0 Å².